The summed E-state index contributed by atoms with van der Waals surface area (Å²) < 4.78 is 19.5. The lowest BCUT2D eigenvalue weighted by molar-refractivity contribution is 0.0774. The predicted octanol–water partition coefficient (Wildman–Crippen LogP) is 8.78. The van der Waals surface area contributed by atoms with E-state index in [4.69, 9.17) is 19.2 Å². The Labute approximate surface area is 322 Å². The lowest BCUT2D eigenvalue weighted by atomic mass is 10.1. The van der Waals surface area contributed by atoms with Gasteiger partial charge in [-0.3, -0.25) is 19.1 Å². The van der Waals surface area contributed by atoms with E-state index in [0.717, 1.165) is 93.7 Å². The summed E-state index contributed by atoms with van der Waals surface area (Å²) in [4.78, 5) is 41.2. The summed E-state index contributed by atoms with van der Waals surface area (Å²) in [5.74, 6) is 2.61. The summed E-state index contributed by atoms with van der Waals surface area (Å²) in [6, 6.07) is 27.4. The number of carbonyl (C=O) groups excluding carboxylic acids is 1. The van der Waals surface area contributed by atoms with Crippen LogP contribution in [0.1, 0.15) is 74.6 Å². The van der Waals surface area contributed by atoms with E-state index in [1.807, 2.05) is 83.9 Å². The number of fused-ring (bicyclic) bond motifs is 3. The van der Waals surface area contributed by atoms with Crippen molar-refractivity contribution in [1.82, 2.24) is 14.5 Å². The summed E-state index contributed by atoms with van der Waals surface area (Å²) in [7, 11) is 1.61. The van der Waals surface area contributed by atoms with Crippen molar-refractivity contribution < 1.29 is 19.0 Å². The van der Waals surface area contributed by atoms with Crippen molar-refractivity contribution >= 4 is 34.4 Å². The molecule has 10 heteroatoms. The van der Waals surface area contributed by atoms with E-state index in [1.165, 1.54) is 12.8 Å². The first-order valence-corrected chi connectivity index (χ1v) is 19.9. The van der Waals surface area contributed by atoms with Gasteiger partial charge in [0.15, 0.2) is 11.5 Å². The van der Waals surface area contributed by atoms with Gasteiger partial charge >= 0.3 is 0 Å². The molecule has 3 aliphatic rings. The van der Waals surface area contributed by atoms with Crippen LogP contribution in [-0.4, -0.2) is 72.6 Å². The molecule has 1 aromatic heterocycles. The average molecular weight is 740 g/mol. The summed E-state index contributed by atoms with van der Waals surface area (Å²) in [6.45, 7) is 4.01. The SMILES string of the molecule is COc1cc2c(cc1OCCCCCCCCOc1ccc(-n3c(-c4ccccc4)nc4ccc(N5CCCC5)cc4c3=O)cc1)N=C[C@@H]1CCCN1C2=O. The van der Waals surface area contributed by atoms with Gasteiger partial charge in [0, 0.05) is 43.2 Å². The number of anilines is 1. The molecule has 55 heavy (non-hydrogen) atoms. The fraction of sp³-hybridized carbons (Fsp3) is 0.378. The molecular formula is C45H49N5O5. The van der Waals surface area contributed by atoms with Crippen LogP contribution in [0.25, 0.3) is 28.0 Å². The average Bonchev–Trinajstić information content (AvgIpc) is 3.92. The van der Waals surface area contributed by atoms with Gasteiger partial charge < -0.3 is 24.0 Å². The molecule has 5 aromatic rings. The largest absolute Gasteiger partial charge is 0.494 e. The molecule has 0 radical (unpaired) electrons. The second-order valence-corrected chi connectivity index (χ2v) is 14.7. The maximum atomic E-state index is 14.2. The summed E-state index contributed by atoms with van der Waals surface area (Å²) in [6.07, 6.45) is 12.5. The van der Waals surface area contributed by atoms with Crippen LogP contribution in [0.3, 0.4) is 0 Å². The van der Waals surface area contributed by atoms with Crippen LogP contribution < -0.4 is 24.7 Å². The molecule has 284 valence electrons. The van der Waals surface area contributed by atoms with Crippen LogP contribution in [0.2, 0.25) is 0 Å². The normalized spacial score (nSPS) is 16.3. The molecule has 2 fully saturated rings. The number of hydrogen-bond acceptors (Lipinski definition) is 8. The van der Waals surface area contributed by atoms with Gasteiger partial charge in [0.2, 0.25) is 0 Å². The molecule has 3 aliphatic heterocycles. The van der Waals surface area contributed by atoms with E-state index >= 15 is 0 Å². The predicted molar refractivity (Wildman–Crippen MR) is 218 cm³/mol. The zero-order valence-electron chi connectivity index (χ0n) is 31.6. The van der Waals surface area contributed by atoms with Crippen LogP contribution in [0, 0.1) is 0 Å². The van der Waals surface area contributed by atoms with Crippen LogP contribution in [0.5, 0.6) is 17.2 Å². The molecule has 0 spiro atoms. The minimum absolute atomic E-state index is 0.0135. The molecule has 0 unspecified atom stereocenters. The van der Waals surface area contributed by atoms with Crippen molar-refractivity contribution in [3.8, 4) is 34.3 Å². The third kappa shape index (κ3) is 7.95. The second-order valence-electron chi connectivity index (χ2n) is 14.7. The fourth-order valence-electron chi connectivity index (χ4n) is 7.96. The second kappa shape index (κ2) is 16.8. The number of nitrogens with zero attached hydrogens (tertiary/aromatic N) is 5. The smallest absolute Gasteiger partial charge is 0.266 e. The number of carbonyl (C=O) groups is 1. The van der Waals surface area contributed by atoms with Gasteiger partial charge in [-0.1, -0.05) is 56.0 Å². The molecule has 8 rings (SSSR count). The van der Waals surface area contributed by atoms with E-state index in [-0.39, 0.29) is 17.5 Å². The van der Waals surface area contributed by atoms with Gasteiger partial charge in [-0.15, -0.1) is 0 Å². The molecule has 0 saturated carbocycles. The standard InChI is InChI=1S/C45H49N5O5/c1-53-41-29-38-40(46-31-35-16-13-25-49(35)44(38)51)30-42(41)55-27-12-5-3-2-4-11-26-54-36-20-17-33(18-21-36)50-43(32-14-7-6-8-15-32)47-39-22-19-34(28-37(39)45(50)52)48-23-9-10-24-48/h6-8,14-15,17-22,28-31,35H,2-5,9-13,16,23-27H2,1H3/t35-/m0/s1. The van der Waals surface area contributed by atoms with Gasteiger partial charge in [-0.2, -0.15) is 0 Å². The highest BCUT2D eigenvalue weighted by molar-refractivity contribution is 6.03. The number of benzene rings is 4. The molecule has 4 heterocycles. The number of amides is 1. The quantitative estimate of drug-likeness (QED) is 0.0991. The molecule has 0 N–H and O–H groups in total. The number of methoxy groups -OCH3 is 1. The van der Waals surface area contributed by atoms with Crippen LogP contribution in [-0.2, 0) is 0 Å². The topological polar surface area (TPSA) is 98.5 Å². The Balaban J connectivity index is 0.813. The minimum atomic E-state index is -0.0773. The highest BCUT2D eigenvalue weighted by Gasteiger charge is 2.32. The molecule has 1 amide bonds. The van der Waals surface area contributed by atoms with Crippen molar-refractivity contribution in [1.29, 1.82) is 0 Å². The Hall–Kier alpha value is -5.64. The Morgan fingerprint density at radius 1 is 0.727 bits per heavy atom. The number of aliphatic imine (C=N–C) groups is 1. The molecule has 0 aliphatic carbocycles. The molecule has 2 saturated heterocycles. The maximum Gasteiger partial charge on any atom is 0.266 e. The van der Waals surface area contributed by atoms with E-state index in [2.05, 4.69) is 16.0 Å². The Morgan fingerprint density at radius 2 is 1.45 bits per heavy atom. The molecule has 10 nitrogen and oxygen atoms in total. The lowest BCUT2D eigenvalue weighted by Gasteiger charge is -2.20. The first kappa shape index (κ1) is 36.3. The number of hydrogen-bond donors (Lipinski definition) is 0. The Bertz CT molecular complexity index is 2210. The molecular weight excluding hydrogens is 691 g/mol. The summed E-state index contributed by atoms with van der Waals surface area (Å²) >= 11 is 0. The highest BCUT2D eigenvalue weighted by atomic mass is 16.5. The van der Waals surface area contributed by atoms with Crippen molar-refractivity contribution in [3.63, 3.8) is 0 Å². The zero-order chi connectivity index (χ0) is 37.6. The number of aromatic nitrogens is 2. The first-order valence-electron chi connectivity index (χ1n) is 19.9. The monoisotopic (exact) mass is 739 g/mol. The zero-order valence-corrected chi connectivity index (χ0v) is 31.6. The molecule has 4 aromatic carbocycles. The van der Waals surface area contributed by atoms with Gasteiger partial charge in [0.05, 0.1) is 54.2 Å². The third-order valence-electron chi connectivity index (χ3n) is 11.0. The van der Waals surface area contributed by atoms with Gasteiger partial charge in [0.1, 0.15) is 11.6 Å². The Kier molecular flexibility index (Phi) is 11.1. The van der Waals surface area contributed by atoms with Crippen LogP contribution >= 0.6 is 0 Å². The van der Waals surface area contributed by atoms with E-state index in [0.29, 0.717) is 52.7 Å². The van der Waals surface area contributed by atoms with Crippen molar-refractivity contribution in [2.45, 2.75) is 70.3 Å². The number of unbranched alkanes of at least 4 members (excludes halogenated alkanes) is 5. The van der Waals surface area contributed by atoms with Crippen molar-refractivity contribution in [2.75, 3.05) is 44.9 Å². The van der Waals surface area contributed by atoms with Crippen molar-refractivity contribution in [2.24, 2.45) is 4.99 Å². The third-order valence-corrected chi connectivity index (χ3v) is 11.0. The molecule has 0 bridgehead atoms. The van der Waals surface area contributed by atoms with Crippen LogP contribution in [0.4, 0.5) is 11.4 Å². The summed E-state index contributed by atoms with van der Waals surface area (Å²) in [5.41, 5.74) is 4.57. The summed E-state index contributed by atoms with van der Waals surface area (Å²) in [5, 5.41) is 0.621. The Morgan fingerprint density at radius 3 is 2.22 bits per heavy atom. The number of rotatable bonds is 15. The number of ether oxygens (including phenoxy) is 3. The first-order chi connectivity index (χ1) is 27.1. The lowest BCUT2D eigenvalue weighted by Crippen LogP contribution is -2.35. The van der Waals surface area contributed by atoms with Crippen molar-refractivity contribution in [3.05, 3.63) is 101 Å². The minimum Gasteiger partial charge on any atom is -0.494 e. The fourth-order valence-corrected chi connectivity index (χ4v) is 7.96. The van der Waals surface area contributed by atoms with Crippen LogP contribution in [0.15, 0.2) is 94.7 Å². The van der Waals surface area contributed by atoms with Gasteiger partial charge in [-0.05, 0) is 87.1 Å². The highest BCUT2D eigenvalue weighted by Crippen LogP contribution is 2.38. The van der Waals surface area contributed by atoms with E-state index in [9.17, 15) is 9.59 Å². The molecule has 1 atom stereocenters. The van der Waals surface area contributed by atoms with E-state index in [1.54, 1.807) is 17.7 Å². The van der Waals surface area contributed by atoms with E-state index < -0.39 is 0 Å². The maximum absolute atomic E-state index is 14.2. The van der Waals surface area contributed by atoms with Gasteiger partial charge in [0.25, 0.3) is 11.5 Å². The van der Waals surface area contributed by atoms with Gasteiger partial charge in [-0.25, -0.2) is 4.98 Å².